The van der Waals surface area contributed by atoms with Gasteiger partial charge in [-0.15, -0.1) is 0 Å². The number of hydrogen-bond donors (Lipinski definition) is 0. The Labute approximate surface area is 244 Å². The van der Waals surface area contributed by atoms with Crippen molar-refractivity contribution >= 4 is 40.8 Å². The van der Waals surface area contributed by atoms with Gasteiger partial charge in [0.05, 0.1) is 0 Å². The molecule has 0 N–H and O–H groups in total. The Morgan fingerprint density at radius 1 is 0.667 bits per heavy atom. The topological polar surface area (TPSA) is 71.1 Å². The van der Waals surface area contributed by atoms with Gasteiger partial charge in [-0.05, 0) is 0 Å². The van der Waals surface area contributed by atoms with Crippen LogP contribution in [-0.2, 0) is 19.1 Å². The first-order valence-electron chi connectivity index (χ1n) is 12.0. The average molecular weight is 710 g/mol. The van der Waals surface area contributed by atoms with Crippen LogP contribution in [0, 0.1) is 23.7 Å². The summed E-state index contributed by atoms with van der Waals surface area (Å²) in [5.74, 6) is 13.1. The molecule has 0 amide bonds. The second kappa shape index (κ2) is 15.9. The van der Waals surface area contributed by atoms with Gasteiger partial charge in [0.1, 0.15) is 0 Å². The number of esters is 2. The number of carbonyl (C=O) groups is 2. The molecular weight excluding hydrogens is 685 g/mol. The van der Waals surface area contributed by atoms with Crippen molar-refractivity contribution in [2.45, 2.75) is 0 Å². The molecule has 0 atom stereocenters. The Morgan fingerprint density at radius 2 is 1.15 bits per heavy atom. The number of benzene rings is 3. The van der Waals surface area contributed by atoms with Crippen molar-refractivity contribution in [2.75, 3.05) is 26.4 Å². The predicted octanol–water partition coefficient (Wildman–Crippen LogP) is 3.50. The number of carbonyl (C=O) groups excluding carboxylic acids is 2. The van der Waals surface area contributed by atoms with Gasteiger partial charge in [-0.1, -0.05) is 13.2 Å². The Bertz CT molecular complexity index is 1470. The maximum atomic E-state index is 11.2. The Kier molecular flexibility index (Phi) is 11.9. The van der Waals surface area contributed by atoms with Crippen LogP contribution in [0.5, 0.6) is 11.5 Å². The van der Waals surface area contributed by atoms with Crippen LogP contribution in [-0.4, -0.2) is 64.1 Å². The molecule has 0 radical (unpaired) electrons. The average Bonchev–Trinajstić information content (AvgIpc) is 2.96. The Balaban J connectivity index is 1.67. The molecule has 0 aliphatic carbocycles. The fraction of sp³-hybridized carbons (Fsp3) is 0.125. The van der Waals surface area contributed by atoms with E-state index in [-0.39, 0.29) is 26.4 Å². The molecule has 0 heterocycles. The fourth-order valence-electron chi connectivity index (χ4n) is 3.13. The van der Waals surface area contributed by atoms with E-state index in [4.69, 9.17) is 18.9 Å². The summed E-state index contributed by atoms with van der Waals surface area (Å²) in [5, 5.41) is 0. The minimum absolute atomic E-state index is 0.127. The maximum absolute atomic E-state index is 11.2. The van der Waals surface area contributed by atoms with Crippen LogP contribution in [0.3, 0.4) is 0 Å². The molecule has 7 heteroatoms. The van der Waals surface area contributed by atoms with Crippen LogP contribution in [0.4, 0.5) is 0 Å². The zero-order valence-corrected chi connectivity index (χ0v) is 25.8. The third-order valence-corrected chi connectivity index (χ3v) is 6.86. The van der Waals surface area contributed by atoms with Gasteiger partial charge in [0.15, 0.2) is 0 Å². The molecular formula is C32H25O6Tl. The summed E-state index contributed by atoms with van der Waals surface area (Å²) < 4.78 is 22.5. The van der Waals surface area contributed by atoms with Crippen LogP contribution in [0.2, 0.25) is 0 Å². The van der Waals surface area contributed by atoms with Crippen molar-refractivity contribution in [1.82, 2.24) is 0 Å². The third-order valence-electron chi connectivity index (χ3n) is 5.00. The first kappa shape index (κ1) is 29.3. The first-order valence-corrected chi connectivity index (χ1v) is 14.2. The van der Waals surface area contributed by atoms with Crippen molar-refractivity contribution in [3.63, 3.8) is 0 Å². The third kappa shape index (κ3) is 9.84. The summed E-state index contributed by atoms with van der Waals surface area (Å²) in [4.78, 5) is 22.3. The normalized spacial score (nSPS) is 9.51. The summed E-state index contributed by atoms with van der Waals surface area (Å²) in [6.07, 6.45) is 2.23. The molecule has 0 bridgehead atoms. The van der Waals surface area contributed by atoms with Gasteiger partial charge in [0, 0.05) is 6.08 Å². The van der Waals surface area contributed by atoms with Crippen molar-refractivity contribution in [1.29, 1.82) is 0 Å². The fourth-order valence-corrected chi connectivity index (χ4v) is 4.48. The van der Waals surface area contributed by atoms with E-state index in [0.717, 1.165) is 37.5 Å². The summed E-state index contributed by atoms with van der Waals surface area (Å²) in [6.45, 7) is 7.42. The van der Waals surface area contributed by atoms with Gasteiger partial charge >= 0.3 is 221 Å². The number of ether oxygens (including phenoxy) is 4. The van der Waals surface area contributed by atoms with Crippen molar-refractivity contribution in [3.8, 4) is 35.2 Å². The van der Waals surface area contributed by atoms with E-state index in [9.17, 15) is 9.59 Å². The molecule has 0 aliphatic heterocycles. The van der Waals surface area contributed by atoms with Crippen molar-refractivity contribution in [3.05, 3.63) is 114 Å². The quantitative estimate of drug-likeness (QED) is 0.106. The van der Waals surface area contributed by atoms with Crippen molar-refractivity contribution < 1.29 is 28.5 Å². The van der Waals surface area contributed by atoms with Gasteiger partial charge in [0.25, 0.3) is 0 Å². The molecule has 0 unspecified atom stereocenters. The predicted molar refractivity (Wildman–Crippen MR) is 150 cm³/mol. The molecule has 0 aromatic heterocycles. The molecule has 0 saturated heterocycles. The van der Waals surface area contributed by atoms with E-state index in [1.807, 2.05) is 60.7 Å². The summed E-state index contributed by atoms with van der Waals surface area (Å²) >= 11 is 0.556. The molecule has 0 aliphatic rings. The monoisotopic (exact) mass is 710 g/mol. The van der Waals surface area contributed by atoms with E-state index in [1.165, 1.54) is 0 Å². The zero-order valence-electron chi connectivity index (χ0n) is 21.3. The zero-order chi connectivity index (χ0) is 27.9. The number of para-hydroxylation sites is 2. The molecule has 6 nitrogen and oxygen atoms in total. The van der Waals surface area contributed by atoms with Crippen LogP contribution >= 0.6 is 0 Å². The van der Waals surface area contributed by atoms with E-state index < -0.39 is 11.9 Å². The molecule has 3 rings (SSSR count). The molecule has 0 fully saturated rings. The number of hydrogen-bond acceptors (Lipinski definition) is 6. The van der Waals surface area contributed by atoms with Crippen LogP contribution in [0.25, 0.3) is 0 Å². The Hall–Kier alpha value is -4.28. The molecule has 192 valence electrons. The van der Waals surface area contributed by atoms with Gasteiger partial charge in [-0.25, -0.2) is 4.79 Å². The van der Waals surface area contributed by atoms with Gasteiger partial charge < -0.3 is 0 Å². The summed E-state index contributed by atoms with van der Waals surface area (Å²) in [5.41, 5.74) is 3.31. The van der Waals surface area contributed by atoms with Gasteiger partial charge in [-0.3, -0.25) is 0 Å². The van der Waals surface area contributed by atoms with E-state index in [1.54, 1.807) is 0 Å². The Morgan fingerprint density at radius 3 is 1.67 bits per heavy atom. The molecule has 0 spiro atoms. The number of rotatable bonds is 10. The summed E-state index contributed by atoms with van der Waals surface area (Å²) in [6, 6.07) is 20.9. The molecule has 0 saturated carbocycles. The van der Waals surface area contributed by atoms with Crippen molar-refractivity contribution in [2.24, 2.45) is 0 Å². The van der Waals surface area contributed by atoms with E-state index in [0.29, 0.717) is 37.3 Å². The van der Waals surface area contributed by atoms with Gasteiger partial charge in [-0.2, -0.15) is 0 Å². The molecule has 39 heavy (non-hydrogen) atoms. The van der Waals surface area contributed by atoms with Gasteiger partial charge in [0.2, 0.25) is 0 Å². The second-order valence-corrected chi connectivity index (χ2v) is 10.2. The summed E-state index contributed by atoms with van der Waals surface area (Å²) in [7, 11) is 0. The van der Waals surface area contributed by atoms with Crippen LogP contribution < -0.4 is 12.6 Å². The minimum atomic E-state index is -0.485. The first-order chi connectivity index (χ1) is 19.0. The van der Waals surface area contributed by atoms with E-state index >= 15 is 0 Å². The standard InChI is InChI=1S/C32H25O6.Tl/c1-3-31(33)37-23-21-35-29-11-7-5-9-27(29)19-17-25-13-15-26(16-14-25)18-20-28-10-6-8-12-30(28)36-22-24-38-32(34)4-2;/h3-15H,1-2,21-24H2;. The van der Waals surface area contributed by atoms with E-state index in [2.05, 4.69) is 42.9 Å². The second-order valence-electron chi connectivity index (χ2n) is 7.73. The SMILES string of the molecule is C=CC(=O)OCCOc1ccccc1C#Cc1ccc(C#Cc2ccccc2OCCOC(=O)C=C)[c]([Tl])c1. The molecule has 3 aromatic rings. The van der Waals surface area contributed by atoms with Crippen LogP contribution in [0.15, 0.2) is 92.0 Å². The molecule has 3 aromatic carbocycles. The van der Waals surface area contributed by atoms with Crippen LogP contribution in [0.1, 0.15) is 22.3 Å².